The minimum Gasteiger partial charge on any atom is -0.481 e. The molecule has 0 saturated carbocycles. The average Bonchev–Trinajstić information content (AvgIpc) is 3.15. The van der Waals surface area contributed by atoms with Gasteiger partial charge in [0, 0.05) is 43.8 Å². The number of amides is 4. The molecule has 1 aromatic rings. The molecule has 0 unspecified atom stereocenters. The zero-order chi connectivity index (χ0) is 28.5. The fourth-order valence-corrected chi connectivity index (χ4v) is 3.87. The third kappa shape index (κ3) is 9.71. The van der Waals surface area contributed by atoms with Gasteiger partial charge in [0.25, 0.3) is 11.8 Å². The summed E-state index contributed by atoms with van der Waals surface area (Å²) in [4.78, 5) is 62.6. The summed E-state index contributed by atoms with van der Waals surface area (Å²) in [7, 11) is 0. The first-order valence-electron chi connectivity index (χ1n) is 12.5. The minimum atomic E-state index is -0.879. The lowest BCUT2D eigenvalue weighted by molar-refractivity contribution is -0.139. The molecule has 2 rings (SSSR count). The van der Waals surface area contributed by atoms with E-state index in [9.17, 15) is 24.0 Å². The van der Waals surface area contributed by atoms with Crippen LogP contribution in [0.15, 0.2) is 36.4 Å². The highest BCUT2D eigenvalue weighted by Gasteiger charge is 2.27. The maximum atomic E-state index is 12.9. The van der Waals surface area contributed by atoms with Gasteiger partial charge in [-0.15, -0.1) is 0 Å². The molecule has 0 saturated heterocycles. The van der Waals surface area contributed by atoms with Crippen LogP contribution in [-0.4, -0.2) is 77.0 Å². The van der Waals surface area contributed by atoms with Gasteiger partial charge in [0.2, 0.25) is 11.8 Å². The number of carboxylic acids is 1. The summed E-state index contributed by atoms with van der Waals surface area (Å²) >= 11 is 0. The molecule has 0 spiro atoms. The van der Waals surface area contributed by atoms with Gasteiger partial charge in [0.1, 0.15) is 0 Å². The molecule has 1 aliphatic rings. The molecule has 11 heteroatoms. The Labute approximate surface area is 223 Å². The minimum absolute atomic E-state index is 0.0115. The first-order chi connectivity index (χ1) is 17.7. The number of ether oxygens (including phenoxy) is 1. The zero-order valence-corrected chi connectivity index (χ0v) is 22.5. The Kier molecular flexibility index (Phi) is 10.7. The normalized spacial score (nSPS) is 13.7. The largest absolute Gasteiger partial charge is 0.481 e. The molecular formula is C27H38N4O7. The summed E-state index contributed by atoms with van der Waals surface area (Å²) in [5, 5.41) is 11.8. The van der Waals surface area contributed by atoms with Gasteiger partial charge in [-0.3, -0.25) is 24.0 Å². The Balaban J connectivity index is 1.89. The molecule has 4 amide bonds. The zero-order valence-electron chi connectivity index (χ0n) is 22.5. The van der Waals surface area contributed by atoms with E-state index in [1.165, 1.54) is 17.1 Å². The van der Waals surface area contributed by atoms with Gasteiger partial charge in [0.15, 0.2) is 0 Å². The number of carboxylic acid groups (broad SMARTS) is 1. The summed E-state index contributed by atoms with van der Waals surface area (Å²) in [6.07, 6.45) is 3.30. The fourth-order valence-electron chi connectivity index (χ4n) is 3.87. The number of hydrogen-bond donors (Lipinski definition) is 3. The number of imide groups is 1. The molecule has 0 aromatic heterocycles. The molecule has 1 aliphatic heterocycles. The molecule has 0 fully saturated rings. The molecule has 38 heavy (non-hydrogen) atoms. The Hall–Kier alpha value is -3.57. The van der Waals surface area contributed by atoms with Crippen molar-refractivity contribution in [3.05, 3.63) is 42.0 Å². The monoisotopic (exact) mass is 530 g/mol. The second-order valence-electron chi connectivity index (χ2n) is 10.5. The van der Waals surface area contributed by atoms with Crippen molar-refractivity contribution in [1.29, 1.82) is 0 Å². The van der Waals surface area contributed by atoms with Crippen molar-refractivity contribution < 1.29 is 33.8 Å². The van der Waals surface area contributed by atoms with Crippen LogP contribution in [0.2, 0.25) is 0 Å². The summed E-state index contributed by atoms with van der Waals surface area (Å²) in [6, 6.07) is 6.51. The number of aliphatic carboxylic acids is 1. The molecule has 208 valence electrons. The maximum absolute atomic E-state index is 12.9. The molecule has 0 radical (unpaired) electrons. The van der Waals surface area contributed by atoms with Gasteiger partial charge < -0.3 is 25.8 Å². The molecule has 11 nitrogen and oxygen atoms in total. The third-order valence-electron chi connectivity index (χ3n) is 6.08. The van der Waals surface area contributed by atoms with E-state index in [0.717, 1.165) is 4.90 Å². The van der Waals surface area contributed by atoms with Crippen molar-refractivity contribution >= 4 is 35.3 Å². The number of carbonyl (C=O) groups is 5. The Morgan fingerprint density at radius 3 is 2.18 bits per heavy atom. The van der Waals surface area contributed by atoms with E-state index < -0.39 is 28.9 Å². The van der Waals surface area contributed by atoms with E-state index in [4.69, 9.17) is 15.6 Å². The van der Waals surface area contributed by atoms with Crippen LogP contribution in [0.3, 0.4) is 0 Å². The van der Waals surface area contributed by atoms with E-state index in [1.54, 1.807) is 24.3 Å². The topological polar surface area (TPSA) is 159 Å². The van der Waals surface area contributed by atoms with E-state index in [2.05, 4.69) is 5.32 Å². The molecule has 0 aliphatic carbocycles. The number of benzene rings is 1. The van der Waals surface area contributed by atoms with Gasteiger partial charge >= 0.3 is 5.97 Å². The predicted molar refractivity (Wildman–Crippen MR) is 141 cm³/mol. The molecular weight excluding hydrogens is 492 g/mol. The number of nitrogens with two attached hydrogens (primary N) is 1. The first kappa shape index (κ1) is 30.7. The highest BCUT2D eigenvalue weighted by atomic mass is 16.5. The molecule has 4 N–H and O–H groups in total. The van der Waals surface area contributed by atoms with Gasteiger partial charge in [-0.25, -0.2) is 4.90 Å². The van der Waals surface area contributed by atoms with Crippen molar-refractivity contribution in [2.24, 2.45) is 5.73 Å². The van der Waals surface area contributed by atoms with E-state index >= 15 is 0 Å². The van der Waals surface area contributed by atoms with Crippen molar-refractivity contribution in [2.45, 2.75) is 64.5 Å². The second-order valence-corrected chi connectivity index (χ2v) is 10.5. The highest BCUT2D eigenvalue weighted by Crippen LogP contribution is 2.21. The van der Waals surface area contributed by atoms with Gasteiger partial charge in [-0.2, -0.15) is 0 Å². The van der Waals surface area contributed by atoms with Crippen LogP contribution < -0.4 is 16.0 Å². The number of rotatable bonds is 15. The van der Waals surface area contributed by atoms with Crippen LogP contribution in [0, 0.1) is 0 Å². The lowest BCUT2D eigenvalue weighted by atomic mass is 9.99. The van der Waals surface area contributed by atoms with Gasteiger partial charge in [-0.05, 0) is 58.2 Å². The Bertz CT molecular complexity index is 1050. The van der Waals surface area contributed by atoms with Crippen molar-refractivity contribution in [1.82, 2.24) is 10.2 Å². The fraction of sp³-hybridized carbons (Fsp3) is 0.519. The number of anilines is 1. The third-order valence-corrected chi connectivity index (χ3v) is 6.08. The number of nitrogens with one attached hydrogen (secondary N) is 1. The van der Waals surface area contributed by atoms with Crippen molar-refractivity contribution in [3.8, 4) is 0 Å². The van der Waals surface area contributed by atoms with Crippen LogP contribution in [0.25, 0.3) is 0 Å². The summed E-state index contributed by atoms with van der Waals surface area (Å²) in [6.45, 7) is 7.90. The number of carbonyl (C=O) groups excluding carboxylic acids is 4. The van der Waals surface area contributed by atoms with Crippen LogP contribution in [0.4, 0.5) is 5.69 Å². The number of nitrogens with zero attached hydrogens (tertiary/aromatic N) is 2. The van der Waals surface area contributed by atoms with Gasteiger partial charge in [0.05, 0.1) is 24.3 Å². The average molecular weight is 531 g/mol. The quantitative estimate of drug-likeness (QED) is 0.287. The molecule has 0 bridgehead atoms. The number of hydrogen-bond acceptors (Lipinski definition) is 7. The second kappa shape index (κ2) is 13.3. The van der Waals surface area contributed by atoms with Crippen LogP contribution in [-0.2, 0) is 35.1 Å². The maximum Gasteiger partial charge on any atom is 0.303 e. The lowest BCUT2D eigenvalue weighted by Gasteiger charge is -2.31. The van der Waals surface area contributed by atoms with Gasteiger partial charge in [-0.1, -0.05) is 12.1 Å². The van der Waals surface area contributed by atoms with E-state index in [1.807, 2.05) is 27.7 Å². The highest BCUT2D eigenvalue weighted by molar-refractivity contribution is 6.28. The van der Waals surface area contributed by atoms with Crippen LogP contribution in [0.5, 0.6) is 0 Å². The van der Waals surface area contributed by atoms with Crippen molar-refractivity contribution in [2.75, 3.05) is 31.1 Å². The first-order valence-corrected chi connectivity index (χ1v) is 12.5. The summed E-state index contributed by atoms with van der Waals surface area (Å²) in [5.41, 5.74) is 5.53. The lowest BCUT2D eigenvalue weighted by Crippen LogP contribution is -2.50. The summed E-state index contributed by atoms with van der Waals surface area (Å²) < 4.78 is 5.83. The van der Waals surface area contributed by atoms with Crippen LogP contribution in [0.1, 0.15) is 52.5 Å². The van der Waals surface area contributed by atoms with Crippen LogP contribution >= 0.6 is 0 Å². The van der Waals surface area contributed by atoms with E-state index in [-0.39, 0.29) is 44.3 Å². The smallest absolute Gasteiger partial charge is 0.303 e. The van der Waals surface area contributed by atoms with E-state index in [0.29, 0.717) is 30.7 Å². The Morgan fingerprint density at radius 2 is 1.63 bits per heavy atom. The predicted octanol–water partition coefficient (Wildman–Crippen LogP) is 1.39. The molecule has 0 atom stereocenters. The molecule has 1 aromatic carbocycles. The molecule has 1 heterocycles. The Morgan fingerprint density at radius 1 is 1.03 bits per heavy atom. The summed E-state index contributed by atoms with van der Waals surface area (Å²) in [5.74, 6) is -2.34. The standard InChI is InChI=1S/C27H38N4O7/c1-26(2,13-16-38-27(3,4)12-11-25(36)37)29-21(32)18-30(15-14-28)24(35)17-19-5-7-20(8-6-19)31-22(33)9-10-23(31)34/h5-10H,11-18,28H2,1-4H3,(H,29,32)(H,36,37). The SMILES string of the molecule is CC(C)(CCOC(C)(C)CCC(=O)O)NC(=O)CN(CCN)C(=O)Cc1ccc(N2C(=O)C=CC2=O)cc1. The van der Waals surface area contributed by atoms with Crippen molar-refractivity contribution in [3.63, 3.8) is 0 Å².